The Morgan fingerprint density at radius 2 is 1.66 bits per heavy atom. The maximum absolute atomic E-state index is 12.0. The lowest BCUT2D eigenvalue weighted by Gasteiger charge is -2.12. The van der Waals surface area contributed by atoms with Crippen LogP contribution in [0, 0.1) is 10.1 Å². The maximum atomic E-state index is 12.0. The van der Waals surface area contributed by atoms with Crippen molar-refractivity contribution in [2.75, 3.05) is 27.3 Å². The van der Waals surface area contributed by atoms with E-state index in [0.29, 0.717) is 0 Å². The van der Waals surface area contributed by atoms with E-state index < -0.39 is 41.7 Å². The van der Waals surface area contributed by atoms with E-state index in [4.69, 9.17) is 9.47 Å². The van der Waals surface area contributed by atoms with Gasteiger partial charge in [-0.15, -0.1) is 0 Å². The minimum Gasteiger partial charge on any atom is -0.493 e. The van der Waals surface area contributed by atoms with Crippen molar-refractivity contribution in [3.63, 3.8) is 0 Å². The standard InChI is InChI=1S/C21H21N5O9/c1-34-15-8-5-13(18(21(30)31)19(15)35-2)9-24-25-17(28)11-22-16(27)10-23-20(29)12-3-6-14(7-4-12)26(32)33/h3-9H,10-11H2,1-2H3,(H,22,27)(H,23,29)(H,25,28)(H,30,31)/b24-9+. The molecule has 3 amide bonds. The zero-order valence-corrected chi connectivity index (χ0v) is 18.6. The van der Waals surface area contributed by atoms with Gasteiger partial charge in [0.15, 0.2) is 11.5 Å². The molecule has 0 unspecified atom stereocenters. The smallest absolute Gasteiger partial charge is 0.340 e. The summed E-state index contributed by atoms with van der Waals surface area (Å²) in [6, 6.07) is 7.67. The van der Waals surface area contributed by atoms with Crippen molar-refractivity contribution in [3.8, 4) is 11.5 Å². The Kier molecular flexibility index (Phi) is 9.21. The number of aromatic carboxylic acids is 1. The molecule has 0 saturated carbocycles. The predicted molar refractivity (Wildman–Crippen MR) is 121 cm³/mol. The van der Waals surface area contributed by atoms with Gasteiger partial charge >= 0.3 is 5.97 Å². The number of carbonyl (C=O) groups is 4. The van der Waals surface area contributed by atoms with Crippen LogP contribution < -0.4 is 25.5 Å². The Morgan fingerprint density at radius 1 is 1.00 bits per heavy atom. The fourth-order valence-corrected chi connectivity index (χ4v) is 2.72. The van der Waals surface area contributed by atoms with Crippen LogP contribution in [-0.2, 0) is 9.59 Å². The highest BCUT2D eigenvalue weighted by Gasteiger charge is 2.20. The first-order chi connectivity index (χ1) is 16.7. The van der Waals surface area contributed by atoms with E-state index in [1.807, 2.05) is 0 Å². The number of non-ortho nitro benzene ring substituents is 1. The van der Waals surface area contributed by atoms with Crippen LogP contribution in [0.1, 0.15) is 26.3 Å². The number of hydrogen-bond donors (Lipinski definition) is 4. The lowest BCUT2D eigenvalue weighted by molar-refractivity contribution is -0.384. The minimum absolute atomic E-state index is 0.0155. The fourth-order valence-electron chi connectivity index (χ4n) is 2.72. The van der Waals surface area contributed by atoms with Gasteiger partial charge < -0.3 is 25.2 Å². The average Bonchev–Trinajstić information content (AvgIpc) is 2.85. The lowest BCUT2D eigenvalue weighted by atomic mass is 10.1. The molecule has 0 heterocycles. The molecule has 14 heteroatoms. The number of hydrazone groups is 1. The van der Waals surface area contributed by atoms with Crippen LogP contribution in [0.15, 0.2) is 41.5 Å². The van der Waals surface area contributed by atoms with Crippen molar-refractivity contribution >= 4 is 35.6 Å². The summed E-state index contributed by atoms with van der Waals surface area (Å²) in [4.78, 5) is 57.3. The number of methoxy groups -OCH3 is 2. The molecule has 0 aliphatic rings. The highest BCUT2D eigenvalue weighted by molar-refractivity contribution is 6.02. The van der Waals surface area contributed by atoms with E-state index in [9.17, 15) is 34.4 Å². The van der Waals surface area contributed by atoms with Gasteiger partial charge in [0.25, 0.3) is 17.5 Å². The number of amides is 3. The zero-order chi connectivity index (χ0) is 26.0. The first-order valence-corrected chi connectivity index (χ1v) is 9.77. The fraction of sp³-hybridized carbons (Fsp3) is 0.190. The molecule has 0 saturated heterocycles. The number of nitrogens with one attached hydrogen (secondary N) is 3. The number of benzene rings is 2. The molecule has 0 atom stereocenters. The second kappa shape index (κ2) is 12.3. The van der Waals surface area contributed by atoms with Crippen molar-refractivity contribution in [2.24, 2.45) is 5.10 Å². The summed E-state index contributed by atoms with van der Waals surface area (Å²) in [6.45, 7) is -0.915. The molecule has 14 nitrogen and oxygen atoms in total. The van der Waals surface area contributed by atoms with Gasteiger partial charge in [0.2, 0.25) is 5.91 Å². The van der Waals surface area contributed by atoms with Gasteiger partial charge in [-0.1, -0.05) is 0 Å². The van der Waals surface area contributed by atoms with Gasteiger partial charge in [0, 0.05) is 23.3 Å². The molecule has 0 aromatic heterocycles. The normalized spacial score (nSPS) is 10.3. The Labute approximate surface area is 198 Å². The lowest BCUT2D eigenvalue weighted by Crippen LogP contribution is -2.41. The van der Waals surface area contributed by atoms with Crippen LogP contribution in [0.5, 0.6) is 11.5 Å². The van der Waals surface area contributed by atoms with Crippen molar-refractivity contribution in [1.29, 1.82) is 0 Å². The number of carboxylic acids is 1. The molecule has 35 heavy (non-hydrogen) atoms. The molecule has 2 rings (SSSR count). The first-order valence-electron chi connectivity index (χ1n) is 9.77. The van der Waals surface area contributed by atoms with Crippen LogP contribution in [0.3, 0.4) is 0 Å². The van der Waals surface area contributed by atoms with E-state index in [-0.39, 0.29) is 33.9 Å². The zero-order valence-electron chi connectivity index (χ0n) is 18.6. The number of hydrogen-bond acceptors (Lipinski definition) is 9. The predicted octanol–water partition coefficient (Wildman–Crippen LogP) is 0.307. The number of nitro benzene ring substituents is 1. The van der Waals surface area contributed by atoms with Crippen molar-refractivity contribution < 1.29 is 38.7 Å². The van der Waals surface area contributed by atoms with Gasteiger partial charge in [0.1, 0.15) is 5.56 Å². The average molecular weight is 487 g/mol. The number of nitrogens with zero attached hydrogens (tertiary/aromatic N) is 2. The van der Waals surface area contributed by atoms with E-state index in [0.717, 1.165) is 18.3 Å². The summed E-state index contributed by atoms with van der Waals surface area (Å²) >= 11 is 0. The molecule has 0 bridgehead atoms. The highest BCUT2D eigenvalue weighted by Crippen LogP contribution is 2.32. The summed E-state index contributed by atoms with van der Waals surface area (Å²) in [5, 5.41) is 28.3. The monoisotopic (exact) mass is 487 g/mol. The highest BCUT2D eigenvalue weighted by atomic mass is 16.6. The largest absolute Gasteiger partial charge is 0.493 e. The summed E-state index contributed by atoms with van der Waals surface area (Å²) in [6.07, 6.45) is 1.09. The third-order valence-corrected chi connectivity index (χ3v) is 4.38. The Hall–Kier alpha value is -5.01. The first kappa shape index (κ1) is 26.2. The molecule has 0 fully saturated rings. The minimum atomic E-state index is -1.29. The molecule has 4 N–H and O–H groups in total. The number of carbonyl (C=O) groups excluding carboxylic acids is 3. The van der Waals surface area contributed by atoms with Gasteiger partial charge in [-0.3, -0.25) is 24.5 Å². The molecule has 2 aromatic carbocycles. The van der Waals surface area contributed by atoms with Crippen LogP contribution in [0.4, 0.5) is 5.69 Å². The van der Waals surface area contributed by atoms with Gasteiger partial charge in [-0.05, 0) is 24.3 Å². The van der Waals surface area contributed by atoms with Gasteiger partial charge in [-0.2, -0.15) is 5.10 Å². The topological polar surface area (TPSA) is 199 Å². The van der Waals surface area contributed by atoms with E-state index in [1.54, 1.807) is 0 Å². The number of nitro groups is 1. The Morgan fingerprint density at radius 3 is 2.23 bits per heavy atom. The second-order valence-corrected chi connectivity index (χ2v) is 6.63. The number of ether oxygens (including phenoxy) is 2. The Balaban J connectivity index is 1.85. The van der Waals surface area contributed by atoms with Crippen LogP contribution in [-0.4, -0.2) is 67.2 Å². The van der Waals surface area contributed by atoms with E-state index >= 15 is 0 Å². The summed E-state index contributed by atoms with van der Waals surface area (Å²) in [7, 11) is 2.64. The molecular weight excluding hydrogens is 466 g/mol. The molecule has 0 radical (unpaired) electrons. The third kappa shape index (κ3) is 7.24. The number of carboxylic acid groups (broad SMARTS) is 1. The van der Waals surface area contributed by atoms with Crippen LogP contribution in [0.2, 0.25) is 0 Å². The van der Waals surface area contributed by atoms with Gasteiger partial charge in [0.05, 0.1) is 38.4 Å². The number of rotatable bonds is 11. The third-order valence-electron chi connectivity index (χ3n) is 4.38. The molecule has 0 aliphatic carbocycles. The maximum Gasteiger partial charge on any atom is 0.340 e. The Bertz CT molecular complexity index is 1160. The SMILES string of the molecule is COc1ccc(/C=N/NC(=O)CNC(=O)CNC(=O)c2ccc([N+](=O)[O-])cc2)c(C(=O)O)c1OC. The summed E-state index contributed by atoms with van der Waals surface area (Å²) < 4.78 is 10.1. The van der Waals surface area contributed by atoms with Crippen LogP contribution >= 0.6 is 0 Å². The molecular formula is C21H21N5O9. The van der Waals surface area contributed by atoms with Gasteiger partial charge in [-0.25, -0.2) is 10.2 Å². The summed E-state index contributed by atoms with van der Waals surface area (Å²) in [5.74, 6) is -3.13. The van der Waals surface area contributed by atoms with Crippen LogP contribution in [0.25, 0.3) is 0 Å². The van der Waals surface area contributed by atoms with Crippen molar-refractivity contribution in [1.82, 2.24) is 16.1 Å². The van der Waals surface area contributed by atoms with E-state index in [1.165, 1.54) is 38.5 Å². The van der Waals surface area contributed by atoms with E-state index in [2.05, 4.69) is 21.2 Å². The molecule has 184 valence electrons. The molecule has 0 aliphatic heterocycles. The second-order valence-electron chi connectivity index (χ2n) is 6.63. The van der Waals surface area contributed by atoms with Crippen molar-refractivity contribution in [3.05, 3.63) is 63.2 Å². The molecule has 0 spiro atoms. The quantitative estimate of drug-likeness (QED) is 0.196. The summed E-state index contributed by atoms with van der Waals surface area (Å²) in [5.41, 5.74) is 1.98. The van der Waals surface area contributed by atoms with Crippen molar-refractivity contribution in [2.45, 2.75) is 0 Å². The molecule has 2 aromatic rings.